The molecule has 1 atom stereocenters. The first-order chi connectivity index (χ1) is 12.8. The largest absolute Gasteiger partial charge is 0.466 e. The Hall–Kier alpha value is -2.64. The molecule has 0 saturated heterocycles. The Kier molecular flexibility index (Phi) is 8.40. The molecule has 0 fully saturated rings. The molecule has 1 aliphatic heterocycles. The van der Waals surface area contributed by atoms with Gasteiger partial charge in [0.2, 0.25) is 6.73 Å². The van der Waals surface area contributed by atoms with Gasteiger partial charge >= 0.3 is 11.9 Å². The van der Waals surface area contributed by atoms with Crippen LogP contribution in [0, 0.1) is 15.0 Å². The molecule has 4 radical (unpaired) electrons. The molecule has 1 aromatic rings. The number of carbonyl (C=O) groups is 2. The summed E-state index contributed by atoms with van der Waals surface area (Å²) in [6.07, 6.45) is 0. The van der Waals surface area contributed by atoms with E-state index in [0.29, 0.717) is 11.4 Å². The number of esters is 2. The fourth-order valence-electron chi connectivity index (χ4n) is 3.02. The number of hydrogen-bond acceptors (Lipinski definition) is 9. The molecule has 0 amide bonds. The number of hydrogen-bond donors (Lipinski definition) is 1. The van der Waals surface area contributed by atoms with E-state index in [1.54, 1.807) is 19.9 Å². The van der Waals surface area contributed by atoms with E-state index in [1.165, 1.54) is 25.3 Å². The molecule has 146 valence electrons. The van der Waals surface area contributed by atoms with E-state index in [1.807, 2.05) is 0 Å². The Labute approximate surface area is 180 Å². The second-order valence-corrected chi connectivity index (χ2v) is 5.63. The summed E-state index contributed by atoms with van der Waals surface area (Å²) >= 11 is 0. The molecule has 1 aliphatic rings. The number of para-hydroxylation sites is 1. The smallest absolute Gasteiger partial charge is 0.338 e. The molecule has 1 N–H and O–H groups in total. The number of nitrogens with zero attached hydrogens (tertiary/aromatic N) is 2. The van der Waals surface area contributed by atoms with Gasteiger partial charge in [0.15, 0.2) is 0 Å². The fraction of sp³-hybridized carbons (Fsp3) is 0.294. The molecule has 11 heteroatoms. The maximum absolute atomic E-state index is 12.5. The molecule has 2 rings (SSSR count). The van der Waals surface area contributed by atoms with Crippen molar-refractivity contribution in [3.8, 4) is 0 Å². The monoisotopic (exact) mass is 583 g/mol. The van der Waals surface area contributed by atoms with Gasteiger partial charge in [0.05, 0.1) is 29.1 Å². The van der Waals surface area contributed by atoms with E-state index in [9.17, 15) is 24.6 Å². The first kappa shape index (κ1) is 23.4. The van der Waals surface area contributed by atoms with Gasteiger partial charge in [0.25, 0.3) is 5.69 Å². The van der Waals surface area contributed by atoms with Crippen LogP contribution in [-0.4, -0.2) is 58.0 Å². The molecule has 28 heavy (non-hydrogen) atoms. The van der Waals surface area contributed by atoms with Crippen LogP contribution in [0.3, 0.4) is 0 Å². The van der Waals surface area contributed by atoms with Crippen LogP contribution < -0.4 is 5.32 Å². The van der Waals surface area contributed by atoms with Crippen molar-refractivity contribution in [2.75, 3.05) is 13.8 Å². The van der Waals surface area contributed by atoms with Crippen LogP contribution in [0.25, 0.3) is 0 Å². The second kappa shape index (κ2) is 10.1. The van der Waals surface area contributed by atoms with E-state index in [-0.39, 0.29) is 49.7 Å². The second-order valence-electron chi connectivity index (χ2n) is 5.63. The average molecular weight is 583 g/mol. The Bertz CT molecular complexity index is 879. The van der Waals surface area contributed by atoms with Gasteiger partial charge in [-0.25, -0.2) is 9.59 Å². The number of allylic oxidation sites excluding steroid dienone is 2. The number of nitro benzene ring substituents is 1. The van der Waals surface area contributed by atoms with Gasteiger partial charge in [-0.2, -0.15) is 0 Å². The maximum Gasteiger partial charge on any atom is 0.338 e. The number of dihydropyridines is 1. The van der Waals surface area contributed by atoms with Crippen molar-refractivity contribution >= 4 is 44.9 Å². The SMILES string of the molecule is COC(=O)C1=C(C)NC(C)=C(C(=O)OCN=O)C1c1ccccc1[N+](=O)[O-].[Pb]. The minimum atomic E-state index is -1.11. The Morgan fingerprint density at radius 1 is 1.18 bits per heavy atom. The van der Waals surface area contributed by atoms with Gasteiger partial charge in [0.1, 0.15) is 0 Å². The number of ether oxygens (including phenoxy) is 2. The van der Waals surface area contributed by atoms with Gasteiger partial charge in [-0.1, -0.05) is 18.2 Å². The van der Waals surface area contributed by atoms with Gasteiger partial charge in [-0.15, -0.1) is 4.91 Å². The number of nitrogens with one attached hydrogen (secondary N) is 1. The summed E-state index contributed by atoms with van der Waals surface area (Å²) in [5.41, 5.74) is 0.549. The van der Waals surface area contributed by atoms with Crippen LogP contribution in [0.5, 0.6) is 0 Å². The van der Waals surface area contributed by atoms with Crippen LogP contribution in [0.1, 0.15) is 25.3 Å². The third-order valence-corrected chi connectivity index (χ3v) is 4.08. The minimum absolute atomic E-state index is 0. The van der Waals surface area contributed by atoms with Crippen molar-refractivity contribution in [2.45, 2.75) is 19.8 Å². The summed E-state index contributed by atoms with van der Waals surface area (Å²) in [6.45, 7) is 2.42. The van der Waals surface area contributed by atoms with Crippen molar-refractivity contribution in [3.63, 3.8) is 0 Å². The van der Waals surface area contributed by atoms with E-state index in [4.69, 9.17) is 9.47 Å². The van der Waals surface area contributed by atoms with Crippen LogP contribution >= 0.6 is 0 Å². The molecular formula is C17H17N3O7Pb. The van der Waals surface area contributed by atoms with Crippen molar-refractivity contribution in [1.82, 2.24) is 5.32 Å². The number of nitroso groups, excluding NO2 is 1. The Morgan fingerprint density at radius 2 is 1.75 bits per heavy atom. The summed E-state index contributed by atoms with van der Waals surface area (Å²) < 4.78 is 9.60. The van der Waals surface area contributed by atoms with Gasteiger partial charge in [0, 0.05) is 50.3 Å². The van der Waals surface area contributed by atoms with E-state index in [0.717, 1.165) is 0 Å². The third kappa shape index (κ3) is 4.61. The topological polar surface area (TPSA) is 137 Å². The van der Waals surface area contributed by atoms with E-state index < -0.39 is 29.5 Å². The first-order valence-electron chi connectivity index (χ1n) is 7.79. The van der Waals surface area contributed by atoms with Gasteiger partial charge in [-0.3, -0.25) is 10.1 Å². The minimum Gasteiger partial charge on any atom is -0.466 e. The summed E-state index contributed by atoms with van der Waals surface area (Å²) in [5.74, 6) is -2.79. The molecule has 1 aromatic carbocycles. The zero-order valence-corrected chi connectivity index (χ0v) is 19.2. The quantitative estimate of drug-likeness (QED) is 0.177. The molecule has 10 nitrogen and oxygen atoms in total. The summed E-state index contributed by atoms with van der Waals surface area (Å²) in [5, 5.41) is 16.8. The first-order valence-corrected chi connectivity index (χ1v) is 7.79. The van der Waals surface area contributed by atoms with Crippen molar-refractivity contribution in [1.29, 1.82) is 0 Å². The number of nitro groups is 1. The van der Waals surface area contributed by atoms with Crippen molar-refractivity contribution < 1.29 is 24.0 Å². The third-order valence-electron chi connectivity index (χ3n) is 4.08. The molecule has 1 unspecified atom stereocenters. The summed E-state index contributed by atoms with van der Waals surface area (Å²) in [4.78, 5) is 46.1. The predicted octanol–water partition coefficient (Wildman–Crippen LogP) is 1.89. The number of methoxy groups -OCH3 is 1. The van der Waals surface area contributed by atoms with Crippen molar-refractivity contribution in [3.05, 3.63) is 67.4 Å². The summed E-state index contributed by atoms with van der Waals surface area (Å²) in [6, 6.07) is 5.75. The zero-order valence-electron chi connectivity index (χ0n) is 15.3. The van der Waals surface area contributed by atoms with Crippen LogP contribution in [0.4, 0.5) is 5.69 Å². The summed E-state index contributed by atoms with van der Waals surface area (Å²) in [7, 11) is 1.17. The van der Waals surface area contributed by atoms with Crippen molar-refractivity contribution in [2.24, 2.45) is 5.18 Å². The van der Waals surface area contributed by atoms with Crippen LogP contribution in [0.2, 0.25) is 0 Å². The maximum atomic E-state index is 12.5. The molecule has 0 aliphatic carbocycles. The Morgan fingerprint density at radius 3 is 2.29 bits per heavy atom. The van der Waals surface area contributed by atoms with Gasteiger partial charge < -0.3 is 14.8 Å². The van der Waals surface area contributed by atoms with Crippen LogP contribution in [-0.2, 0) is 19.1 Å². The number of rotatable bonds is 6. The predicted molar refractivity (Wildman–Crippen MR) is 98.9 cm³/mol. The average Bonchev–Trinajstić information content (AvgIpc) is 2.64. The standard InChI is InChI=1S/C17H17N3O7.Pb/c1-9-13(16(21)26-3)15(11-6-4-5-7-12(11)20(24)25)14(10(2)19-9)17(22)27-8-18-23;/h4-7,15,19H,8H2,1-3H3;. The van der Waals surface area contributed by atoms with E-state index >= 15 is 0 Å². The van der Waals surface area contributed by atoms with E-state index in [2.05, 4.69) is 10.5 Å². The zero-order chi connectivity index (χ0) is 20.1. The van der Waals surface area contributed by atoms with Gasteiger partial charge in [-0.05, 0) is 19.0 Å². The molecule has 0 aromatic heterocycles. The molecule has 0 saturated carbocycles. The Balaban J connectivity index is 0.00000392. The fourth-order valence-corrected chi connectivity index (χ4v) is 3.02. The molecule has 0 bridgehead atoms. The molecule has 1 heterocycles. The molecular weight excluding hydrogens is 565 g/mol. The number of carbonyl (C=O) groups excluding carboxylic acids is 2. The number of benzene rings is 1. The normalized spacial score (nSPS) is 15.9. The van der Waals surface area contributed by atoms with Crippen LogP contribution in [0.15, 0.2) is 52.0 Å². The molecule has 0 spiro atoms.